The van der Waals surface area contributed by atoms with Crippen LogP contribution in [0.4, 0.5) is 0 Å². The van der Waals surface area contributed by atoms with Gasteiger partial charge in [0.15, 0.2) is 0 Å². The highest BCUT2D eigenvalue weighted by atomic mass is 16.6. The molecule has 0 amide bonds. The number of carbonyl (C=O) groups is 1. The predicted molar refractivity (Wildman–Crippen MR) is 84.1 cm³/mol. The van der Waals surface area contributed by atoms with Crippen molar-refractivity contribution in [1.29, 1.82) is 0 Å². The van der Waals surface area contributed by atoms with Crippen molar-refractivity contribution < 1.29 is 14.7 Å². The minimum Gasteiger partial charge on any atom is -0.480 e. The number of nitrogens with one attached hydrogen (secondary N) is 1. The lowest BCUT2D eigenvalue weighted by atomic mass is 10.0. The lowest BCUT2D eigenvalue weighted by molar-refractivity contribution is -0.143. The first-order chi connectivity index (χ1) is 10.7. The van der Waals surface area contributed by atoms with Gasteiger partial charge in [0.1, 0.15) is 6.04 Å². The molecule has 2 aromatic carbocycles. The zero-order chi connectivity index (χ0) is 15.8. The van der Waals surface area contributed by atoms with Crippen molar-refractivity contribution in [3.05, 3.63) is 71.3 Å². The van der Waals surface area contributed by atoms with E-state index in [0.717, 1.165) is 16.7 Å². The van der Waals surface area contributed by atoms with Gasteiger partial charge >= 0.3 is 5.97 Å². The van der Waals surface area contributed by atoms with Gasteiger partial charge < -0.3 is 9.94 Å². The molecular weight excluding hydrogens is 278 g/mol. The molecule has 0 saturated heterocycles. The van der Waals surface area contributed by atoms with Gasteiger partial charge in [0.2, 0.25) is 0 Å². The molecule has 4 heteroatoms. The van der Waals surface area contributed by atoms with Crippen LogP contribution in [-0.2, 0) is 16.1 Å². The van der Waals surface area contributed by atoms with Crippen molar-refractivity contribution in [3.8, 4) is 11.8 Å². The fourth-order valence-corrected chi connectivity index (χ4v) is 1.95. The number of hydroxylamine groups is 1. The number of aliphatic carboxylic acids is 1. The summed E-state index contributed by atoms with van der Waals surface area (Å²) in [7, 11) is 1.40. The minimum atomic E-state index is -0.949. The molecule has 0 spiro atoms. The molecule has 0 heterocycles. The number of carboxylic acid groups (broad SMARTS) is 1. The summed E-state index contributed by atoms with van der Waals surface area (Å²) in [5, 5.41) is 9.07. The van der Waals surface area contributed by atoms with E-state index in [1.807, 2.05) is 54.6 Å². The van der Waals surface area contributed by atoms with Gasteiger partial charge in [-0.1, -0.05) is 42.2 Å². The highest BCUT2D eigenvalue weighted by Gasteiger charge is 2.17. The van der Waals surface area contributed by atoms with Crippen molar-refractivity contribution in [1.82, 2.24) is 5.48 Å². The third-order valence-corrected chi connectivity index (χ3v) is 3.08. The topological polar surface area (TPSA) is 58.6 Å². The second kappa shape index (κ2) is 7.99. The van der Waals surface area contributed by atoms with Crippen LogP contribution in [0.1, 0.15) is 16.7 Å². The molecule has 1 atom stereocenters. The predicted octanol–water partition coefficient (Wildman–Crippen LogP) is 2.23. The Labute approximate surface area is 129 Å². The van der Waals surface area contributed by atoms with Crippen molar-refractivity contribution >= 4 is 5.97 Å². The SMILES string of the molecule is CONC(Cc1ccc(C#Cc2ccccc2)cc1)C(=O)O. The summed E-state index contributed by atoms with van der Waals surface area (Å²) in [6.45, 7) is 0. The first-order valence-corrected chi connectivity index (χ1v) is 6.86. The summed E-state index contributed by atoms with van der Waals surface area (Å²) < 4.78 is 0. The van der Waals surface area contributed by atoms with Crippen LogP contribution < -0.4 is 5.48 Å². The minimum absolute atomic E-state index is 0.343. The first-order valence-electron chi connectivity index (χ1n) is 6.86. The van der Waals surface area contributed by atoms with Gasteiger partial charge in [0, 0.05) is 17.5 Å². The Balaban J connectivity index is 2.04. The van der Waals surface area contributed by atoms with Crippen LogP contribution in [0, 0.1) is 11.8 Å². The molecule has 0 aliphatic rings. The zero-order valence-electron chi connectivity index (χ0n) is 12.2. The van der Waals surface area contributed by atoms with Gasteiger partial charge in [0.05, 0.1) is 7.11 Å². The Kier molecular flexibility index (Phi) is 5.73. The van der Waals surface area contributed by atoms with E-state index in [1.165, 1.54) is 7.11 Å². The highest BCUT2D eigenvalue weighted by Crippen LogP contribution is 2.07. The van der Waals surface area contributed by atoms with E-state index >= 15 is 0 Å². The molecule has 22 heavy (non-hydrogen) atoms. The second-order valence-corrected chi connectivity index (χ2v) is 4.73. The summed E-state index contributed by atoms with van der Waals surface area (Å²) in [5.41, 5.74) is 5.22. The molecule has 2 aromatic rings. The number of benzene rings is 2. The third-order valence-electron chi connectivity index (χ3n) is 3.08. The lowest BCUT2D eigenvalue weighted by Crippen LogP contribution is -2.37. The molecule has 0 fully saturated rings. The van der Waals surface area contributed by atoms with E-state index < -0.39 is 12.0 Å². The summed E-state index contributed by atoms with van der Waals surface area (Å²) in [5.74, 6) is 5.22. The van der Waals surface area contributed by atoms with E-state index in [0.29, 0.717) is 6.42 Å². The van der Waals surface area contributed by atoms with E-state index in [9.17, 15) is 4.79 Å². The maximum absolute atomic E-state index is 11.1. The van der Waals surface area contributed by atoms with Crippen LogP contribution in [0.5, 0.6) is 0 Å². The van der Waals surface area contributed by atoms with Crippen LogP contribution in [-0.4, -0.2) is 24.2 Å². The Morgan fingerprint density at radius 3 is 2.23 bits per heavy atom. The molecule has 0 bridgehead atoms. The van der Waals surface area contributed by atoms with Gasteiger partial charge in [-0.25, -0.2) is 0 Å². The smallest absolute Gasteiger partial charge is 0.323 e. The molecule has 0 aromatic heterocycles. The fraction of sp³-hybridized carbons (Fsp3) is 0.167. The lowest BCUT2D eigenvalue weighted by Gasteiger charge is -2.12. The quantitative estimate of drug-likeness (QED) is 0.656. The molecule has 0 radical (unpaired) electrons. The van der Waals surface area contributed by atoms with Crippen LogP contribution in [0.15, 0.2) is 54.6 Å². The molecular formula is C18H17NO3. The average Bonchev–Trinajstić information content (AvgIpc) is 2.54. The number of hydrogen-bond acceptors (Lipinski definition) is 3. The first kappa shape index (κ1) is 15.8. The van der Waals surface area contributed by atoms with E-state index in [2.05, 4.69) is 17.3 Å². The maximum atomic E-state index is 11.1. The van der Waals surface area contributed by atoms with Crippen molar-refractivity contribution in [2.75, 3.05) is 7.11 Å². The van der Waals surface area contributed by atoms with Crippen LogP contribution in [0.25, 0.3) is 0 Å². The van der Waals surface area contributed by atoms with Crippen LogP contribution in [0.3, 0.4) is 0 Å². The Morgan fingerprint density at radius 1 is 1.09 bits per heavy atom. The van der Waals surface area contributed by atoms with Gasteiger partial charge in [-0.05, 0) is 29.8 Å². The summed E-state index contributed by atoms with van der Waals surface area (Å²) in [6.07, 6.45) is 0.343. The number of rotatable bonds is 5. The van der Waals surface area contributed by atoms with E-state index in [4.69, 9.17) is 9.94 Å². The standard InChI is InChI=1S/C18H17NO3/c1-22-19-17(18(20)21)13-16-11-9-15(10-12-16)8-7-14-5-3-2-4-6-14/h2-6,9-12,17,19H,13H2,1H3,(H,20,21). The van der Waals surface area contributed by atoms with Gasteiger partial charge in [-0.2, -0.15) is 5.48 Å². The van der Waals surface area contributed by atoms with Crippen molar-refractivity contribution in [2.24, 2.45) is 0 Å². The number of hydrogen-bond donors (Lipinski definition) is 2. The largest absolute Gasteiger partial charge is 0.480 e. The summed E-state index contributed by atoms with van der Waals surface area (Å²) in [4.78, 5) is 15.8. The van der Waals surface area contributed by atoms with Gasteiger partial charge in [-0.15, -0.1) is 0 Å². The molecule has 1 unspecified atom stereocenters. The van der Waals surface area contributed by atoms with Gasteiger partial charge in [-0.3, -0.25) is 4.79 Å². The van der Waals surface area contributed by atoms with Gasteiger partial charge in [0.25, 0.3) is 0 Å². The zero-order valence-corrected chi connectivity index (χ0v) is 12.2. The summed E-state index contributed by atoms with van der Waals surface area (Å²) in [6, 6.07) is 16.5. The molecule has 0 aliphatic heterocycles. The molecule has 0 saturated carbocycles. The number of carboxylic acids is 1. The van der Waals surface area contributed by atoms with E-state index in [-0.39, 0.29) is 0 Å². The fourth-order valence-electron chi connectivity index (χ4n) is 1.95. The van der Waals surface area contributed by atoms with Crippen LogP contribution in [0.2, 0.25) is 0 Å². The third kappa shape index (κ3) is 4.74. The normalized spacial score (nSPS) is 11.3. The Bertz CT molecular complexity index is 669. The molecule has 0 aliphatic carbocycles. The van der Waals surface area contributed by atoms with E-state index in [1.54, 1.807) is 0 Å². The van der Waals surface area contributed by atoms with Crippen LogP contribution >= 0.6 is 0 Å². The maximum Gasteiger partial charge on any atom is 0.323 e. The molecule has 112 valence electrons. The molecule has 4 nitrogen and oxygen atoms in total. The Morgan fingerprint density at radius 2 is 1.68 bits per heavy atom. The second-order valence-electron chi connectivity index (χ2n) is 4.73. The summed E-state index contributed by atoms with van der Waals surface area (Å²) >= 11 is 0. The molecule has 2 N–H and O–H groups in total. The highest BCUT2D eigenvalue weighted by molar-refractivity contribution is 5.73. The Hall–Kier alpha value is -2.61. The monoisotopic (exact) mass is 295 g/mol. The van der Waals surface area contributed by atoms with Crippen molar-refractivity contribution in [3.63, 3.8) is 0 Å². The molecule has 2 rings (SSSR count). The average molecular weight is 295 g/mol. The van der Waals surface area contributed by atoms with Crippen molar-refractivity contribution in [2.45, 2.75) is 12.5 Å².